The van der Waals surface area contributed by atoms with Crippen LogP contribution in [0.4, 0.5) is 0 Å². The molecule has 1 fully saturated rings. The molecule has 1 aliphatic rings. The molecule has 20 heavy (non-hydrogen) atoms. The number of benzene rings is 1. The molecule has 0 unspecified atom stereocenters. The summed E-state index contributed by atoms with van der Waals surface area (Å²) in [5.41, 5.74) is 0.350. The predicted octanol–water partition coefficient (Wildman–Crippen LogP) is 2.09. The van der Waals surface area contributed by atoms with Crippen molar-refractivity contribution < 1.29 is 23.8 Å². The van der Waals surface area contributed by atoms with Crippen LogP contribution in [0.25, 0.3) is 0 Å². The summed E-state index contributed by atoms with van der Waals surface area (Å²) in [7, 11) is 3.00. The summed E-state index contributed by atoms with van der Waals surface area (Å²) in [6, 6.07) is 4.93. The van der Waals surface area contributed by atoms with E-state index in [0.29, 0.717) is 23.0 Å². The molecule has 0 aliphatic heterocycles. The summed E-state index contributed by atoms with van der Waals surface area (Å²) < 4.78 is 15.3. The van der Waals surface area contributed by atoms with Gasteiger partial charge in [0.2, 0.25) is 5.78 Å². The van der Waals surface area contributed by atoms with E-state index in [2.05, 4.69) is 0 Å². The number of carbonyl (C=O) groups is 2. The minimum atomic E-state index is -0.303. The summed E-state index contributed by atoms with van der Waals surface area (Å²) in [6.07, 6.45) is 0.843. The van der Waals surface area contributed by atoms with Crippen molar-refractivity contribution in [2.75, 3.05) is 20.8 Å². The number of hydrogen-bond donors (Lipinski definition) is 0. The zero-order chi connectivity index (χ0) is 14.7. The predicted molar refractivity (Wildman–Crippen MR) is 72.1 cm³/mol. The number of hydrogen-bond acceptors (Lipinski definition) is 5. The second kappa shape index (κ2) is 5.94. The van der Waals surface area contributed by atoms with Gasteiger partial charge < -0.3 is 14.2 Å². The molecule has 108 valence electrons. The van der Waals surface area contributed by atoms with Gasteiger partial charge in [0.1, 0.15) is 11.5 Å². The Bertz CT molecular complexity index is 523. The van der Waals surface area contributed by atoms with Crippen molar-refractivity contribution >= 4 is 11.8 Å². The fourth-order valence-corrected chi connectivity index (χ4v) is 2.00. The van der Waals surface area contributed by atoms with Gasteiger partial charge in [-0.05, 0) is 30.5 Å². The Kier molecular flexibility index (Phi) is 4.27. The number of methoxy groups -OCH3 is 2. The molecule has 0 N–H and O–H groups in total. The lowest BCUT2D eigenvalue weighted by molar-refractivity contribution is -0.144. The lowest BCUT2D eigenvalue weighted by Gasteiger charge is -2.10. The van der Waals surface area contributed by atoms with Crippen LogP contribution in [-0.4, -0.2) is 32.6 Å². The maximum absolute atomic E-state index is 12.1. The second-order valence-electron chi connectivity index (χ2n) is 4.92. The first-order chi connectivity index (χ1) is 9.56. The van der Waals surface area contributed by atoms with E-state index in [4.69, 9.17) is 14.2 Å². The Morgan fingerprint density at radius 1 is 1.25 bits per heavy atom. The lowest BCUT2D eigenvalue weighted by Crippen LogP contribution is -2.16. The first-order valence-corrected chi connectivity index (χ1v) is 6.48. The third kappa shape index (κ3) is 3.10. The largest absolute Gasteiger partial charge is 0.497 e. The van der Waals surface area contributed by atoms with Crippen LogP contribution >= 0.6 is 0 Å². The minimum absolute atomic E-state index is 0.0463. The lowest BCUT2D eigenvalue weighted by atomic mass is 10.1. The van der Waals surface area contributed by atoms with E-state index in [0.717, 1.165) is 6.42 Å². The molecular weight excluding hydrogens is 260 g/mol. The van der Waals surface area contributed by atoms with Crippen molar-refractivity contribution in [2.24, 2.45) is 11.8 Å². The molecule has 0 bridgehead atoms. The van der Waals surface area contributed by atoms with Gasteiger partial charge in [-0.15, -0.1) is 0 Å². The Balaban J connectivity index is 2.02. The van der Waals surface area contributed by atoms with Crippen LogP contribution in [0, 0.1) is 11.8 Å². The highest BCUT2D eigenvalue weighted by Gasteiger charge is 2.40. The summed E-state index contributed by atoms with van der Waals surface area (Å²) in [5, 5.41) is 0. The molecule has 2 atom stereocenters. The van der Waals surface area contributed by atoms with E-state index in [9.17, 15) is 9.59 Å². The molecule has 0 amide bonds. The van der Waals surface area contributed by atoms with Gasteiger partial charge in [-0.3, -0.25) is 9.59 Å². The van der Waals surface area contributed by atoms with Gasteiger partial charge in [0.05, 0.1) is 25.7 Å². The van der Waals surface area contributed by atoms with Gasteiger partial charge in [0.15, 0.2) is 6.61 Å². The Morgan fingerprint density at radius 3 is 2.50 bits per heavy atom. The highest BCUT2D eigenvalue weighted by Crippen LogP contribution is 2.38. The molecule has 0 radical (unpaired) electrons. The average molecular weight is 278 g/mol. The van der Waals surface area contributed by atoms with Crippen LogP contribution in [0.5, 0.6) is 11.5 Å². The zero-order valence-electron chi connectivity index (χ0n) is 11.8. The summed E-state index contributed by atoms with van der Waals surface area (Å²) in [5.74, 6) is 0.706. The van der Waals surface area contributed by atoms with Crippen molar-refractivity contribution in [3.63, 3.8) is 0 Å². The number of ether oxygens (including phenoxy) is 3. The molecule has 1 aromatic carbocycles. The monoisotopic (exact) mass is 278 g/mol. The number of carbonyl (C=O) groups excluding carboxylic acids is 2. The molecule has 0 saturated heterocycles. The number of ketones is 1. The van der Waals surface area contributed by atoms with Crippen LogP contribution in [0.1, 0.15) is 23.7 Å². The van der Waals surface area contributed by atoms with Gasteiger partial charge in [-0.25, -0.2) is 0 Å². The highest BCUT2D eigenvalue weighted by atomic mass is 16.5. The summed E-state index contributed by atoms with van der Waals surface area (Å²) in [6.45, 7) is 1.71. The molecular formula is C15H18O5. The van der Waals surface area contributed by atoms with Gasteiger partial charge in [0, 0.05) is 0 Å². The summed E-state index contributed by atoms with van der Waals surface area (Å²) in [4.78, 5) is 23.7. The third-order valence-corrected chi connectivity index (χ3v) is 3.46. The zero-order valence-corrected chi connectivity index (χ0v) is 11.8. The van der Waals surface area contributed by atoms with Crippen molar-refractivity contribution in [1.29, 1.82) is 0 Å². The number of esters is 1. The normalized spacial score (nSPS) is 20.1. The fourth-order valence-electron chi connectivity index (χ4n) is 2.00. The molecule has 0 heterocycles. The fraction of sp³-hybridized carbons (Fsp3) is 0.467. The van der Waals surface area contributed by atoms with Crippen molar-refractivity contribution in [2.45, 2.75) is 13.3 Å². The first-order valence-electron chi connectivity index (χ1n) is 6.48. The summed E-state index contributed by atoms with van der Waals surface area (Å²) >= 11 is 0. The molecule has 1 aromatic rings. The third-order valence-electron chi connectivity index (χ3n) is 3.46. The molecule has 0 aromatic heterocycles. The quantitative estimate of drug-likeness (QED) is 0.589. The van der Waals surface area contributed by atoms with Crippen LogP contribution in [-0.2, 0) is 9.53 Å². The topological polar surface area (TPSA) is 61.8 Å². The van der Waals surface area contributed by atoms with E-state index in [-0.39, 0.29) is 24.3 Å². The highest BCUT2D eigenvalue weighted by molar-refractivity contribution is 6.00. The molecule has 1 aliphatic carbocycles. The van der Waals surface area contributed by atoms with Crippen molar-refractivity contribution in [1.82, 2.24) is 0 Å². The van der Waals surface area contributed by atoms with Crippen LogP contribution < -0.4 is 9.47 Å². The van der Waals surface area contributed by atoms with Gasteiger partial charge in [-0.2, -0.15) is 0 Å². The van der Waals surface area contributed by atoms with Crippen LogP contribution in [0.15, 0.2) is 18.2 Å². The maximum Gasteiger partial charge on any atom is 0.309 e. The Labute approximate surface area is 117 Å². The first kappa shape index (κ1) is 14.4. The van der Waals surface area contributed by atoms with E-state index >= 15 is 0 Å². The molecule has 1 saturated carbocycles. The van der Waals surface area contributed by atoms with Gasteiger partial charge in [0.25, 0.3) is 0 Å². The Morgan fingerprint density at radius 2 is 1.95 bits per heavy atom. The molecule has 2 rings (SSSR count). The van der Waals surface area contributed by atoms with E-state index in [1.807, 2.05) is 6.92 Å². The number of rotatable bonds is 6. The smallest absolute Gasteiger partial charge is 0.309 e. The number of Topliss-reactive ketones (excluding diaryl/α,β-unsaturated/α-hetero) is 1. The van der Waals surface area contributed by atoms with E-state index in [1.54, 1.807) is 18.2 Å². The van der Waals surface area contributed by atoms with Crippen LogP contribution in [0.3, 0.4) is 0 Å². The van der Waals surface area contributed by atoms with Gasteiger partial charge >= 0.3 is 5.97 Å². The second-order valence-corrected chi connectivity index (χ2v) is 4.92. The Hall–Kier alpha value is -2.04. The minimum Gasteiger partial charge on any atom is -0.497 e. The van der Waals surface area contributed by atoms with E-state index < -0.39 is 0 Å². The van der Waals surface area contributed by atoms with Gasteiger partial charge in [-0.1, -0.05) is 6.92 Å². The average Bonchev–Trinajstić information content (AvgIpc) is 3.20. The SMILES string of the molecule is COc1ccc(OC)c(C(=O)COC(=O)[C@H]2C[C@H]2C)c1. The van der Waals surface area contributed by atoms with Crippen molar-refractivity contribution in [3.05, 3.63) is 23.8 Å². The molecule has 5 nitrogen and oxygen atoms in total. The molecule has 5 heteroatoms. The van der Waals surface area contributed by atoms with Crippen LogP contribution in [0.2, 0.25) is 0 Å². The maximum atomic E-state index is 12.1. The molecule has 0 spiro atoms. The standard InChI is InChI=1S/C15H18O5/c1-9-6-11(9)15(17)20-8-13(16)12-7-10(18-2)4-5-14(12)19-3/h4-5,7,9,11H,6,8H2,1-3H3/t9-,11+/m1/s1. The van der Waals surface area contributed by atoms with Crippen molar-refractivity contribution in [3.8, 4) is 11.5 Å². The van der Waals surface area contributed by atoms with E-state index in [1.165, 1.54) is 14.2 Å².